The van der Waals surface area contributed by atoms with Crippen LogP contribution < -0.4 is 4.90 Å². The lowest BCUT2D eigenvalue weighted by atomic mass is 9.96. The lowest BCUT2D eigenvalue weighted by Crippen LogP contribution is -2.10. The van der Waals surface area contributed by atoms with Crippen molar-refractivity contribution in [2.75, 3.05) is 4.90 Å². The third-order valence-electron chi connectivity index (χ3n) is 11.9. The van der Waals surface area contributed by atoms with Gasteiger partial charge in [-0.1, -0.05) is 152 Å². The zero-order valence-corrected chi connectivity index (χ0v) is 32.8. The largest absolute Gasteiger partial charge is 0.455 e. The summed E-state index contributed by atoms with van der Waals surface area (Å²) >= 11 is 1.85. The molecule has 10 aromatic carbocycles. The van der Waals surface area contributed by atoms with Crippen LogP contribution in [0, 0.1) is 0 Å². The highest BCUT2D eigenvalue weighted by atomic mass is 32.1. The molecule has 3 heteroatoms. The Bertz CT molecular complexity index is 3530. The maximum absolute atomic E-state index is 6.68. The van der Waals surface area contributed by atoms with Crippen LogP contribution in [0.5, 0.6) is 0 Å². The van der Waals surface area contributed by atoms with Gasteiger partial charge in [-0.2, -0.15) is 0 Å². The lowest BCUT2D eigenvalue weighted by Gasteiger charge is -2.26. The van der Waals surface area contributed by atoms with Crippen LogP contribution in [-0.4, -0.2) is 0 Å². The van der Waals surface area contributed by atoms with Crippen molar-refractivity contribution in [2.24, 2.45) is 0 Å². The summed E-state index contributed by atoms with van der Waals surface area (Å²) in [5, 5.41) is 9.64. The zero-order chi connectivity index (χ0) is 38.9. The van der Waals surface area contributed by atoms with Crippen LogP contribution in [0.2, 0.25) is 0 Å². The SMILES string of the molecule is c1ccc2c(-c3ccc(-c4ccc(N(c5ccc(-c6ccc7sc8ccccc8c7c6)cc5)c5cccc6oc7c8ccccc8ccc7c56)cc4)cc3)cccc2c1. The second kappa shape index (κ2) is 13.6. The van der Waals surface area contributed by atoms with Crippen molar-refractivity contribution in [1.82, 2.24) is 0 Å². The Kier molecular flexibility index (Phi) is 7.75. The smallest absolute Gasteiger partial charge is 0.143 e. The fourth-order valence-electron chi connectivity index (χ4n) is 8.98. The summed E-state index contributed by atoms with van der Waals surface area (Å²) in [4.78, 5) is 2.37. The van der Waals surface area contributed by atoms with Crippen LogP contribution in [0.15, 0.2) is 217 Å². The molecule has 0 spiro atoms. The number of hydrogen-bond donors (Lipinski definition) is 0. The van der Waals surface area contributed by atoms with Gasteiger partial charge in [-0.25, -0.2) is 0 Å². The number of fused-ring (bicyclic) bond motifs is 9. The first-order chi connectivity index (χ1) is 29.2. The van der Waals surface area contributed by atoms with Gasteiger partial charge in [0.2, 0.25) is 0 Å². The third kappa shape index (κ3) is 5.62. The molecule has 12 rings (SSSR count). The predicted octanol–water partition coefficient (Wildman–Crippen LogP) is 16.7. The summed E-state index contributed by atoms with van der Waals surface area (Å²) < 4.78 is 9.32. The first-order valence-electron chi connectivity index (χ1n) is 20.1. The lowest BCUT2D eigenvalue weighted by molar-refractivity contribution is 0.672. The van der Waals surface area contributed by atoms with Gasteiger partial charge in [0.15, 0.2) is 0 Å². The van der Waals surface area contributed by atoms with E-state index in [1.807, 2.05) is 11.3 Å². The first-order valence-corrected chi connectivity index (χ1v) is 20.9. The molecule has 276 valence electrons. The molecule has 0 aliphatic rings. The Labute approximate surface area is 345 Å². The first kappa shape index (κ1) is 33.7. The topological polar surface area (TPSA) is 16.4 Å². The van der Waals surface area contributed by atoms with E-state index in [0.29, 0.717) is 0 Å². The molecule has 0 unspecified atom stereocenters. The Morgan fingerprint density at radius 1 is 0.356 bits per heavy atom. The van der Waals surface area contributed by atoms with E-state index in [0.717, 1.165) is 44.4 Å². The maximum atomic E-state index is 6.68. The van der Waals surface area contributed by atoms with Gasteiger partial charge in [0.1, 0.15) is 11.2 Å². The molecular formula is C56H35NOS. The van der Waals surface area contributed by atoms with Gasteiger partial charge in [-0.05, 0) is 110 Å². The maximum Gasteiger partial charge on any atom is 0.143 e. The van der Waals surface area contributed by atoms with E-state index in [-0.39, 0.29) is 0 Å². The Balaban J connectivity index is 0.961. The number of thiophene rings is 1. The van der Waals surface area contributed by atoms with Gasteiger partial charge < -0.3 is 9.32 Å². The fourth-order valence-corrected chi connectivity index (χ4v) is 10.1. The van der Waals surface area contributed by atoms with Crippen LogP contribution >= 0.6 is 11.3 Å². The molecule has 2 heterocycles. The standard InChI is InChI=1S/C56H35NOS/c1-3-12-45-39(9-1)11-7-15-46(45)41-21-19-36(20-22-41)37-23-29-43(30-24-37)57(51-16-8-17-52-55(51)49-33-27-40-10-2-4-13-47(40)56(49)58-52)44-31-25-38(26-32-44)42-28-34-54-50(35-42)48-14-5-6-18-53(48)59-54/h1-35H. The van der Waals surface area contributed by atoms with E-state index in [4.69, 9.17) is 4.42 Å². The normalized spacial score (nSPS) is 11.7. The number of hydrogen-bond acceptors (Lipinski definition) is 3. The highest BCUT2D eigenvalue weighted by molar-refractivity contribution is 7.25. The van der Waals surface area contributed by atoms with Gasteiger partial charge >= 0.3 is 0 Å². The molecule has 2 aromatic heterocycles. The Morgan fingerprint density at radius 3 is 1.68 bits per heavy atom. The molecule has 0 fully saturated rings. The average Bonchev–Trinajstić information content (AvgIpc) is 3.88. The van der Waals surface area contributed by atoms with E-state index in [2.05, 4.69) is 217 Å². The summed E-state index contributed by atoms with van der Waals surface area (Å²) in [5.41, 5.74) is 12.2. The molecule has 0 atom stereocenters. The second-order valence-corrected chi connectivity index (χ2v) is 16.3. The van der Waals surface area contributed by atoms with Gasteiger partial charge in [0.05, 0.1) is 11.1 Å². The molecule has 2 nitrogen and oxygen atoms in total. The van der Waals surface area contributed by atoms with Crippen LogP contribution in [0.4, 0.5) is 17.1 Å². The quantitative estimate of drug-likeness (QED) is 0.167. The van der Waals surface area contributed by atoms with Gasteiger partial charge in [-0.3, -0.25) is 0 Å². The van der Waals surface area contributed by atoms with Crippen LogP contribution in [0.3, 0.4) is 0 Å². The van der Waals surface area contributed by atoms with E-state index >= 15 is 0 Å². The minimum absolute atomic E-state index is 0.870. The van der Waals surface area contributed by atoms with E-state index in [9.17, 15) is 0 Å². The molecular weight excluding hydrogens is 735 g/mol. The summed E-state index contributed by atoms with van der Waals surface area (Å²) in [6, 6.07) is 76.9. The Hall–Kier alpha value is -7.46. The highest BCUT2D eigenvalue weighted by Gasteiger charge is 2.21. The van der Waals surface area contributed by atoms with Crippen molar-refractivity contribution in [3.8, 4) is 33.4 Å². The van der Waals surface area contributed by atoms with E-state index in [1.165, 1.54) is 69.7 Å². The summed E-state index contributed by atoms with van der Waals surface area (Å²) in [6.45, 7) is 0. The van der Waals surface area contributed by atoms with Crippen molar-refractivity contribution in [1.29, 1.82) is 0 Å². The average molecular weight is 770 g/mol. The molecule has 0 bridgehead atoms. The molecule has 59 heavy (non-hydrogen) atoms. The van der Waals surface area contributed by atoms with Crippen LogP contribution in [-0.2, 0) is 0 Å². The Morgan fingerprint density at radius 2 is 0.915 bits per heavy atom. The molecule has 0 saturated heterocycles. The van der Waals surface area contributed by atoms with Crippen molar-refractivity contribution in [3.05, 3.63) is 212 Å². The number of nitrogens with zero attached hydrogens (tertiary/aromatic N) is 1. The van der Waals surface area contributed by atoms with Crippen molar-refractivity contribution in [2.45, 2.75) is 0 Å². The van der Waals surface area contributed by atoms with E-state index < -0.39 is 0 Å². The molecule has 0 amide bonds. The number of rotatable bonds is 6. The molecule has 0 aliphatic heterocycles. The van der Waals surface area contributed by atoms with Gasteiger partial charge in [-0.15, -0.1) is 11.3 Å². The molecule has 0 N–H and O–H groups in total. The third-order valence-corrected chi connectivity index (χ3v) is 13.0. The van der Waals surface area contributed by atoms with Gasteiger partial charge in [0, 0.05) is 42.3 Å². The number of furan rings is 1. The molecule has 0 aliphatic carbocycles. The van der Waals surface area contributed by atoms with Crippen LogP contribution in [0.25, 0.3) is 97.0 Å². The molecule has 0 radical (unpaired) electrons. The highest BCUT2D eigenvalue weighted by Crippen LogP contribution is 2.45. The molecule has 12 aromatic rings. The zero-order valence-electron chi connectivity index (χ0n) is 32.0. The molecule has 0 saturated carbocycles. The number of anilines is 3. The van der Waals surface area contributed by atoms with Crippen molar-refractivity contribution < 1.29 is 4.42 Å². The van der Waals surface area contributed by atoms with Crippen molar-refractivity contribution >= 4 is 92.1 Å². The van der Waals surface area contributed by atoms with Gasteiger partial charge in [0.25, 0.3) is 0 Å². The second-order valence-electron chi connectivity index (χ2n) is 15.3. The summed E-state index contributed by atoms with van der Waals surface area (Å²) in [6.07, 6.45) is 0. The summed E-state index contributed by atoms with van der Waals surface area (Å²) in [7, 11) is 0. The summed E-state index contributed by atoms with van der Waals surface area (Å²) in [5.74, 6) is 0. The van der Waals surface area contributed by atoms with E-state index in [1.54, 1.807) is 0 Å². The predicted molar refractivity (Wildman–Crippen MR) is 253 cm³/mol. The number of benzene rings is 10. The minimum atomic E-state index is 0.870. The fraction of sp³-hybridized carbons (Fsp3) is 0. The monoisotopic (exact) mass is 769 g/mol. The minimum Gasteiger partial charge on any atom is -0.455 e. The van der Waals surface area contributed by atoms with Crippen LogP contribution in [0.1, 0.15) is 0 Å². The van der Waals surface area contributed by atoms with Crippen molar-refractivity contribution in [3.63, 3.8) is 0 Å².